The number of aryl methyl sites for hydroxylation is 2. The van der Waals surface area contributed by atoms with Crippen LogP contribution in [0.15, 0.2) is 44.1 Å². The Morgan fingerprint density at radius 3 is 2.88 bits per heavy atom. The average molecular weight is 342 g/mol. The zero-order valence-electron chi connectivity index (χ0n) is 14.0. The van der Waals surface area contributed by atoms with E-state index in [-0.39, 0.29) is 18.9 Å². The summed E-state index contributed by atoms with van der Waals surface area (Å²) < 4.78 is 15.2. The number of carbonyl (C=O) groups is 1. The standard InChI is InChI=1S/C18H18N2O5/c1-11-3-5-14-12(8-18(22)24-15(14)7-11)10-19-16(21)6-4-13-9-17(23-2)20-25-13/h3,5,7-9H,4,6,10H2,1-2H3,(H,19,21). The first-order valence-corrected chi connectivity index (χ1v) is 7.85. The highest BCUT2D eigenvalue weighted by Gasteiger charge is 2.10. The van der Waals surface area contributed by atoms with Crippen molar-refractivity contribution in [3.05, 3.63) is 57.6 Å². The van der Waals surface area contributed by atoms with Crippen LogP contribution in [0.4, 0.5) is 0 Å². The van der Waals surface area contributed by atoms with E-state index in [1.807, 2.05) is 19.1 Å². The molecule has 0 spiro atoms. The minimum Gasteiger partial charge on any atom is -0.479 e. The fraction of sp³-hybridized carbons (Fsp3) is 0.278. The van der Waals surface area contributed by atoms with Gasteiger partial charge >= 0.3 is 5.63 Å². The van der Waals surface area contributed by atoms with Gasteiger partial charge in [-0.2, -0.15) is 0 Å². The number of fused-ring (bicyclic) bond motifs is 1. The Balaban J connectivity index is 1.64. The highest BCUT2D eigenvalue weighted by atomic mass is 16.5. The molecule has 0 fully saturated rings. The molecule has 0 aliphatic heterocycles. The van der Waals surface area contributed by atoms with Crippen LogP contribution in [0.1, 0.15) is 23.3 Å². The Morgan fingerprint density at radius 1 is 1.28 bits per heavy atom. The van der Waals surface area contributed by atoms with Crippen molar-refractivity contribution in [2.45, 2.75) is 26.3 Å². The first-order chi connectivity index (χ1) is 12.0. The van der Waals surface area contributed by atoms with Gasteiger partial charge in [0.05, 0.1) is 7.11 Å². The molecule has 0 unspecified atom stereocenters. The predicted octanol–water partition coefficient (Wildman–Crippen LogP) is 2.35. The number of hydrogen-bond donors (Lipinski definition) is 1. The second-order valence-corrected chi connectivity index (χ2v) is 5.70. The summed E-state index contributed by atoms with van der Waals surface area (Å²) in [5, 5.41) is 7.30. The smallest absolute Gasteiger partial charge is 0.336 e. The van der Waals surface area contributed by atoms with Gasteiger partial charge in [0.25, 0.3) is 5.88 Å². The van der Waals surface area contributed by atoms with Gasteiger partial charge in [0, 0.05) is 36.9 Å². The lowest BCUT2D eigenvalue weighted by Crippen LogP contribution is -2.23. The third-order valence-corrected chi connectivity index (χ3v) is 3.81. The molecule has 0 aliphatic carbocycles. The summed E-state index contributed by atoms with van der Waals surface area (Å²) in [6.07, 6.45) is 0.663. The van der Waals surface area contributed by atoms with E-state index in [2.05, 4.69) is 10.5 Å². The first kappa shape index (κ1) is 16.8. The zero-order chi connectivity index (χ0) is 17.8. The van der Waals surface area contributed by atoms with Crippen molar-refractivity contribution in [1.29, 1.82) is 0 Å². The lowest BCUT2D eigenvalue weighted by atomic mass is 10.1. The highest BCUT2D eigenvalue weighted by molar-refractivity contribution is 5.82. The number of aromatic nitrogens is 1. The molecule has 0 radical (unpaired) electrons. The van der Waals surface area contributed by atoms with Crippen LogP contribution in [0.25, 0.3) is 11.0 Å². The molecule has 7 nitrogen and oxygen atoms in total. The normalized spacial score (nSPS) is 10.8. The minimum absolute atomic E-state index is 0.149. The van der Waals surface area contributed by atoms with Crippen LogP contribution >= 0.6 is 0 Å². The zero-order valence-corrected chi connectivity index (χ0v) is 14.0. The van der Waals surface area contributed by atoms with Crippen molar-refractivity contribution in [2.24, 2.45) is 0 Å². The number of nitrogens with zero attached hydrogens (tertiary/aromatic N) is 1. The molecule has 0 bridgehead atoms. The van der Waals surface area contributed by atoms with Crippen molar-refractivity contribution in [3.63, 3.8) is 0 Å². The maximum Gasteiger partial charge on any atom is 0.336 e. The van der Waals surface area contributed by atoms with Crippen LogP contribution in [-0.2, 0) is 17.8 Å². The lowest BCUT2D eigenvalue weighted by molar-refractivity contribution is -0.121. The van der Waals surface area contributed by atoms with Gasteiger partial charge in [-0.05, 0) is 29.3 Å². The topological polar surface area (TPSA) is 94.6 Å². The fourth-order valence-corrected chi connectivity index (χ4v) is 2.51. The second-order valence-electron chi connectivity index (χ2n) is 5.70. The summed E-state index contributed by atoms with van der Waals surface area (Å²) in [6, 6.07) is 8.67. The number of ether oxygens (including phenoxy) is 1. The van der Waals surface area contributed by atoms with Gasteiger partial charge in [0.2, 0.25) is 5.91 Å². The minimum atomic E-state index is -0.434. The van der Waals surface area contributed by atoms with Gasteiger partial charge in [-0.1, -0.05) is 12.1 Å². The van der Waals surface area contributed by atoms with Crippen molar-refractivity contribution in [1.82, 2.24) is 10.5 Å². The molecule has 7 heteroatoms. The summed E-state index contributed by atoms with van der Waals surface area (Å²) in [5.74, 6) is 0.810. The lowest BCUT2D eigenvalue weighted by Gasteiger charge is -2.07. The van der Waals surface area contributed by atoms with Gasteiger partial charge < -0.3 is 19.0 Å². The summed E-state index contributed by atoms with van der Waals surface area (Å²) in [5.41, 5.74) is 1.81. The maximum atomic E-state index is 12.0. The van der Waals surface area contributed by atoms with Crippen molar-refractivity contribution in [3.8, 4) is 5.88 Å². The average Bonchev–Trinajstić information content (AvgIpc) is 3.05. The van der Waals surface area contributed by atoms with Crippen molar-refractivity contribution < 1.29 is 18.5 Å². The summed E-state index contributed by atoms with van der Waals surface area (Å²) >= 11 is 0. The van der Waals surface area contributed by atoms with E-state index in [9.17, 15) is 9.59 Å². The quantitative estimate of drug-likeness (QED) is 0.691. The Bertz CT molecular complexity index is 957. The number of methoxy groups -OCH3 is 1. The predicted molar refractivity (Wildman–Crippen MR) is 90.4 cm³/mol. The van der Waals surface area contributed by atoms with E-state index in [0.717, 1.165) is 16.5 Å². The van der Waals surface area contributed by atoms with E-state index in [4.69, 9.17) is 13.7 Å². The molecule has 0 atom stereocenters. The fourth-order valence-electron chi connectivity index (χ4n) is 2.51. The molecule has 3 rings (SSSR count). The monoisotopic (exact) mass is 342 g/mol. The molecule has 1 aromatic carbocycles. The highest BCUT2D eigenvalue weighted by Crippen LogP contribution is 2.18. The van der Waals surface area contributed by atoms with Gasteiger partial charge in [0.15, 0.2) is 0 Å². The van der Waals surface area contributed by atoms with Crippen molar-refractivity contribution in [2.75, 3.05) is 7.11 Å². The number of benzene rings is 1. The number of nitrogens with one attached hydrogen (secondary N) is 1. The molecule has 0 aliphatic rings. The number of rotatable bonds is 6. The Hall–Kier alpha value is -3.09. The van der Waals surface area contributed by atoms with Crippen LogP contribution in [0.3, 0.4) is 0 Å². The van der Waals surface area contributed by atoms with Gasteiger partial charge in [-0.25, -0.2) is 4.79 Å². The van der Waals surface area contributed by atoms with E-state index >= 15 is 0 Å². The molecule has 25 heavy (non-hydrogen) atoms. The third kappa shape index (κ3) is 4.06. The molecule has 2 heterocycles. The van der Waals surface area contributed by atoms with Crippen molar-refractivity contribution >= 4 is 16.9 Å². The molecule has 2 aromatic heterocycles. The Kier molecular flexibility index (Phi) is 4.83. The Morgan fingerprint density at radius 2 is 2.12 bits per heavy atom. The molecule has 1 N–H and O–H groups in total. The molecular weight excluding hydrogens is 324 g/mol. The second kappa shape index (κ2) is 7.21. The van der Waals surface area contributed by atoms with Crippen LogP contribution < -0.4 is 15.7 Å². The first-order valence-electron chi connectivity index (χ1n) is 7.85. The largest absolute Gasteiger partial charge is 0.479 e. The van der Waals surface area contributed by atoms with E-state index in [0.29, 0.717) is 23.6 Å². The number of hydrogen-bond acceptors (Lipinski definition) is 6. The molecule has 0 saturated heterocycles. The summed E-state index contributed by atoms with van der Waals surface area (Å²) in [7, 11) is 1.50. The third-order valence-electron chi connectivity index (χ3n) is 3.81. The van der Waals surface area contributed by atoms with Gasteiger partial charge in [-0.15, -0.1) is 0 Å². The van der Waals surface area contributed by atoms with Gasteiger partial charge in [-0.3, -0.25) is 4.79 Å². The number of carbonyl (C=O) groups excluding carboxylic acids is 1. The van der Waals surface area contributed by atoms with E-state index in [1.165, 1.54) is 13.2 Å². The van der Waals surface area contributed by atoms with E-state index < -0.39 is 5.63 Å². The molecule has 1 amide bonds. The number of amides is 1. The SMILES string of the molecule is COc1cc(CCC(=O)NCc2cc(=O)oc3cc(C)ccc23)on1. The Labute approximate surface area is 143 Å². The van der Waals surface area contributed by atoms with Crippen LogP contribution in [0, 0.1) is 6.92 Å². The molecule has 0 saturated carbocycles. The maximum absolute atomic E-state index is 12.0. The van der Waals surface area contributed by atoms with E-state index in [1.54, 1.807) is 12.1 Å². The molecule has 3 aromatic rings. The summed E-state index contributed by atoms with van der Waals surface area (Å²) in [6.45, 7) is 2.18. The van der Waals surface area contributed by atoms with Crippen LogP contribution in [0.2, 0.25) is 0 Å². The van der Waals surface area contributed by atoms with Crippen LogP contribution in [-0.4, -0.2) is 18.2 Å². The molecule has 130 valence electrons. The van der Waals surface area contributed by atoms with Crippen LogP contribution in [0.5, 0.6) is 5.88 Å². The van der Waals surface area contributed by atoms with Gasteiger partial charge in [0.1, 0.15) is 11.3 Å². The molecular formula is C18H18N2O5. The summed E-state index contributed by atoms with van der Waals surface area (Å²) in [4.78, 5) is 23.7.